The molecule has 116 valence electrons. The van der Waals surface area contributed by atoms with Crippen LogP contribution in [0.25, 0.3) is 0 Å². The lowest BCUT2D eigenvalue weighted by molar-refractivity contribution is -0.175. The first kappa shape index (κ1) is 15.5. The fourth-order valence-corrected chi connectivity index (χ4v) is 2.64. The van der Waals surface area contributed by atoms with E-state index in [0.717, 1.165) is 5.56 Å². The van der Waals surface area contributed by atoms with E-state index in [0.29, 0.717) is 24.2 Å². The Bertz CT molecular complexity index is 543. The number of nitrogens with two attached hydrogens (primary N) is 1. The number of piperidine rings is 1. The van der Waals surface area contributed by atoms with E-state index in [2.05, 4.69) is 5.16 Å². The van der Waals surface area contributed by atoms with E-state index in [1.165, 1.54) is 0 Å². The maximum atomic E-state index is 12.9. The van der Waals surface area contributed by atoms with Crippen LogP contribution in [-0.2, 0) is 0 Å². The normalized spacial score (nSPS) is 20.7. The van der Waals surface area contributed by atoms with Crippen LogP contribution >= 0.6 is 0 Å². The second kappa shape index (κ2) is 5.83. The molecule has 1 saturated heterocycles. The van der Waals surface area contributed by atoms with Crippen LogP contribution < -0.4 is 10.6 Å². The number of rotatable bonds is 2. The summed E-state index contributed by atoms with van der Waals surface area (Å²) in [5.74, 6) is -1.44. The molecule has 1 aliphatic rings. The molecule has 1 aromatic carbocycles. The number of alkyl halides is 3. The van der Waals surface area contributed by atoms with Crippen molar-refractivity contribution < 1.29 is 18.4 Å². The van der Waals surface area contributed by atoms with Crippen molar-refractivity contribution in [2.45, 2.75) is 25.9 Å². The summed E-state index contributed by atoms with van der Waals surface area (Å²) in [6, 6.07) is 5.21. The highest BCUT2D eigenvalue weighted by molar-refractivity contribution is 6.02. The van der Waals surface area contributed by atoms with Gasteiger partial charge in [0.1, 0.15) is 0 Å². The molecule has 4 nitrogen and oxygen atoms in total. The van der Waals surface area contributed by atoms with Crippen molar-refractivity contribution in [1.29, 1.82) is 0 Å². The van der Waals surface area contributed by atoms with Crippen LogP contribution in [0.2, 0.25) is 0 Å². The van der Waals surface area contributed by atoms with E-state index in [1.807, 2.05) is 6.92 Å². The summed E-state index contributed by atoms with van der Waals surface area (Å²) < 4.78 is 38.8. The van der Waals surface area contributed by atoms with E-state index < -0.39 is 12.1 Å². The highest BCUT2D eigenvalue weighted by Crippen LogP contribution is 2.35. The van der Waals surface area contributed by atoms with E-state index in [-0.39, 0.29) is 18.8 Å². The lowest BCUT2D eigenvalue weighted by Crippen LogP contribution is -2.42. The Hall–Kier alpha value is -1.92. The molecule has 0 radical (unpaired) electrons. The molecule has 1 atom stereocenters. The zero-order chi connectivity index (χ0) is 15.6. The monoisotopic (exact) mass is 301 g/mol. The Morgan fingerprint density at radius 3 is 2.76 bits per heavy atom. The summed E-state index contributed by atoms with van der Waals surface area (Å²) in [5, 5.41) is 11.8. The van der Waals surface area contributed by atoms with Gasteiger partial charge in [-0.2, -0.15) is 13.2 Å². The quantitative estimate of drug-likeness (QED) is 0.382. The molecule has 1 heterocycles. The number of halogens is 3. The van der Waals surface area contributed by atoms with Crippen molar-refractivity contribution in [2.24, 2.45) is 16.8 Å². The van der Waals surface area contributed by atoms with Gasteiger partial charge in [-0.1, -0.05) is 11.2 Å². The van der Waals surface area contributed by atoms with Gasteiger partial charge in [-0.3, -0.25) is 0 Å². The second-order valence-corrected chi connectivity index (χ2v) is 5.33. The van der Waals surface area contributed by atoms with Gasteiger partial charge in [0.15, 0.2) is 5.84 Å². The summed E-state index contributed by atoms with van der Waals surface area (Å²) in [5.41, 5.74) is 7.57. The van der Waals surface area contributed by atoms with Crippen LogP contribution in [0.5, 0.6) is 0 Å². The molecule has 0 amide bonds. The molecular weight excluding hydrogens is 283 g/mol. The number of amidine groups is 1. The average Bonchev–Trinajstić information content (AvgIpc) is 2.45. The van der Waals surface area contributed by atoms with E-state index in [4.69, 9.17) is 10.9 Å². The first-order valence-electron chi connectivity index (χ1n) is 6.73. The predicted molar refractivity (Wildman–Crippen MR) is 74.7 cm³/mol. The number of benzene rings is 1. The van der Waals surface area contributed by atoms with Crippen molar-refractivity contribution in [1.82, 2.24) is 0 Å². The predicted octanol–water partition coefficient (Wildman–Crippen LogP) is 2.87. The fraction of sp³-hybridized carbons (Fsp3) is 0.500. The summed E-state index contributed by atoms with van der Waals surface area (Å²) in [6.45, 7) is 2.28. The van der Waals surface area contributed by atoms with Crippen LogP contribution in [-0.4, -0.2) is 30.3 Å². The first-order chi connectivity index (χ1) is 9.82. The van der Waals surface area contributed by atoms with Crippen LogP contribution in [0.15, 0.2) is 23.4 Å². The van der Waals surface area contributed by atoms with E-state index in [1.54, 1.807) is 23.1 Å². The molecular formula is C14H18F3N3O. The van der Waals surface area contributed by atoms with Gasteiger partial charge in [-0.05, 0) is 37.5 Å². The molecule has 3 N–H and O–H groups in total. The number of aryl methyl sites for hydroxylation is 1. The number of hydrogen-bond acceptors (Lipinski definition) is 3. The third-order valence-corrected chi connectivity index (χ3v) is 3.76. The highest BCUT2D eigenvalue weighted by atomic mass is 19.4. The second-order valence-electron chi connectivity index (χ2n) is 5.33. The van der Waals surface area contributed by atoms with E-state index in [9.17, 15) is 13.2 Å². The zero-order valence-electron chi connectivity index (χ0n) is 11.7. The molecule has 7 heteroatoms. The molecule has 2 rings (SSSR count). The zero-order valence-corrected chi connectivity index (χ0v) is 11.7. The van der Waals surface area contributed by atoms with Gasteiger partial charge in [-0.25, -0.2) is 0 Å². The SMILES string of the molecule is Cc1ccc(C(N)=NO)c(N2CCCC(C(F)(F)F)C2)c1. The number of hydrogen-bond donors (Lipinski definition) is 2. The third-order valence-electron chi connectivity index (χ3n) is 3.76. The van der Waals surface area contributed by atoms with Crippen LogP contribution in [0.3, 0.4) is 0 Å². The third kappa shape index (κ3) is 3.40. The lowest BCUT2D eigenvalue weighted by Gasteiger charge is -2.36. The number of anilines is 1. The smallest absolute Gasteiger partial charge is 0.393 e. The molecule has 0 saturated carbocycles. The van der Waals surface area contributed by atoms with Gasteiger partial charge < -0.3 is 15.8 Å². The minimum atomic E-state index is -4.20. The maximum Gasteiger partial charge on any atom is 0.393 e. The Kier molecular flexibility index (Phi) is 4.29. The van der Waals surface area contributed by atoms with Gasteiger partial charge in [0.25, 0.3) is 0 Å². The molecule has 0 bridgehead atoms. The molecule has 1 aromatic rings. The molecule has 1 fully saturated rings. The van der Waals surface area contributed by atoms with Gasteiger partial charge >= 0.3 is 6.18 Å². The summed E-state index contributed by atoms with van der Waals surface area (Å²) >= 11 is 0. The number of nitrogens with zero attached hydrogens (tertiary/aromatic N) is 2. The number of oxime groups is 1. The van der Waals surface area contributed by atoms with Crippen molar-refractivity contribution in [3.8, 4) is 0 Å². The Morgan fingerprint density at radius 2 is 2.14 bits per heavy atom. The van der Waals surface area contributed by atoms with Crippen LogP contribution in [0.4, 0.5) is 18.9 Å². The average molecular weight is 301 g/mol. The van der Waals surface area contributed by atoms with Gasteiger partial charge in [0.2, 0.25) is 0 Å². The molecule has 1 aliphatic heterocycles. The topological polar surface area (TPSA) is 61.9 Å². The van der Waals surface area contributed by atoms with Gasteiger partial charge in [0.05, 0.1) is 5.92 Å². The summed E-state index contributed by atoms with van der Waals surface area (Å²) in [7, 11) is 0. The van der Waals surface area contributed by atoms with Crippen LogP contribution in [0.1, 0.15) is 24.0 Å². The Labute approximate surface area is 121 Å². The standard InChI is InChI=1S/C14H18F3N3O/c1-9-4-5-11(13(18)19-21)12(7-9)20-6-2-3-10(8-20)14(15,16)17/h4-5,7,10,21H,2-3,6,8H2,1H3,(H2,18,19). The largest absolute Gasteiger partial charge is 0.409 e. The Morgan fingerprint density at radius 1 is 1.43 bits per heavy atom. The molecule has 0 aliphatic carbocycles. The van der Waals surface area contributed by atoms with Crippen molar-refractivity contribution in [3.05, 3.63) is 29.3 Å². The highest BCUT2D eigenvalue weighted by Gasteiger charge is 2.42. The fourth-order valence-electron chi connectivity index (χ4n) is 2.64. The van der Waals surface area contributed by atoms with E-state index >= 15 is 0 Å². The minimum absolute atomic E-state index is 0.0980. The molecule has 0 spiro atoms. The molecule has 0 aromatic heterocycles. The van der Waals surface area contributed by atoms with Gasteiger partial charge in [0, 0.05) is 24.3 Å². The van der Waals surface area contributed by atoms with Gasteiger partial charge in [-0.15, -0.1) is 0 Å². The molecule has 21 heavy (non-hydrogen) atoms. The summed E-state index contributed by atoms with van der Waals surface area (Å²) in [4.78, 5) is 1.67. The van der Waals surface area contributed by atoms with Crippen molar-refractivity contribution >= 4 is 11.5 Å². The summed E-state index contributed by atoms with van der Waals surface area (Å²) in [6.07, 6.45) is -3.59. The Balaban J connectivity index is 2.34. The first-order valence-corrected chi connectivity index (χ1v) is 6.73. The lowest BCUT2D eigenvalue weighted by atomic mass is 9.96. The van der Waals surface area contributed by atoms with Crippen molar-refractivity contribution in [2.75, 3.05) is 18.0 Å². The van der Waals surface area contributed by atoms with Crippen molar-refractivity contribution in [3.63, 3.8) is 0 Å². The van der Waals surface area contributed by atoms with Crippen LogP contribution in [0, 0.1) is 12.8 Å². The maximum absolute atomic E-state index is 12.9. The molecule has 1 unspecified atom stereocenters. The minimum Gasteiger partial charge on any atom is -0.409 e.